The molecule has 1 N–H and O–H groups in total. The predicted molar refractivity (Wildman–Crippen MR) is 87.9 cm³/mol. The topological polar surface area (TPSA) is 38.3 Å². The lowest BCUT2D eigenvalue weighted by Gasteiger charge is -2.28. The molecule has 1 heterocycles. The van der Waals surface area contributed by atoms with Gasteiger partial charge in [0.05, 0.1) is 5.92 Å². The first-order chi connectivity index (χ1) is 10.7. The predicted octanol–water partition coefficient (Wildman–Crippen LogP) is 3.71. The van der Waals surface area contributed by atoms with Crippen molar-refractivity contribution < 1.29 is 9.53 Å². The average Bonchev–Trinajstić information content (AvgIpc) is 2.55. The van der Waals surface area contributed by atoms with E-state index in [9.17, 15) is 4.79 Å². The molecule has 1 fully saturated rings. The standard InChI is InChI=1S/C19H27NO2/c1-14(11-15-7-3-2-4-8-15)20-19(21)17-12-16-9-5-6-10-18(16)22-13-17/h5-6,9-10,14-15,17H,2-4,7-8,11-13H2,1H3,(H,20,21)/t14-,17?/m0/s1. The van der Waals surface area contributed by atoms with Crippen LogP contribution in [0, 0.1) is 11.8 Å². The Hall–Kier alpha value is -1.51. The van der Waals surface area contributed by atoms with Gasteiger partial charge in [0, 0.05) is 6.04 Å². The molecule has 0 radical (unpaired) electrons. The van der Waals surface area contributed by atoms with E-state index in [-0.39, 0.29) is 17.9 Å². The minimum Gasteiger partial charge on any atom is -0.492 e. The Balaban J connectivity index is 1.49. The maximum Gasteiger partial charge on any atom is 0.227 e. The van der Waals surface area contributed by atoms with Gasteiger partial charge >= 0.3 is 0 Å². The molecule has 2 aliphatic rings. The van der Waals surface area contributed by atoms with Gasteiger partial charge in [-0.1, -0.05) is 50.3 Å². The summed E-state index contributed by atoms with van der Waals surface area (Å²) >= 11 is 0. The summed E-state index contributed by atoms with van der Waals surface area (Å²) in [6.45, 7) is 2.64. The highest BCUT2D eigenvalue weighted by atomic mass is 16.5. The first-order valence-corrected chi connectivity index (χ1v) is 8.73. The number of rotatable bonds is 4. The summed E-state index contributed by atoms with van der Waals surface area (Å²) in [4.78, 5) is 12.5. The molecule has 22 heavy (non-hydrogen) atoms. The highest BCUT2D eigenvalue weighted by molar-refractivity contribution is 5.79. The van der Waals surface area contributed by atoms with Crippen molar-refractivity contribution in [1.82, 2.24) is 5.32 Å². The van der Waals surface area contributed by atoms with Crippen molar-refractivity contribution in [3.63, 3.8) is 0 Å². The molecule has 0 aromatic heterocycles. The fourth-order valence-electron chi connectivity index (χ4n) is 3.84. The zero-order valence-corrected chi connectivity index (χ0v) is 13.5. The van der Waals surface area contributed by atoms with Crippen LogP contribution in [-0.4, -0.2) is 18.6 Å². The molecule has 2 atom stereocenters. The van der Waals surface area contributed by atoms with E-state index >= 15 is 0 Å². The minimum atomic E-state index is -0.0521. The number of fused-ring (bicyclic) bond motifs is 1. The van der Waals surface area contributed by atoms with Crippen LogP contribution in [0.4, 0.5) is 0 Å². The lowest BCUT2D eigenvalue weighted by molar-refractivity contribution is -0.127. The van der Waals surface area contributed by atoms with Crippen molar-refractivity contribution >= 4 is 5.91 Å². The van der Waals surface area contributed by atoms with Crippen LogP contribution in [0.25, 0.3) is 0 Å². The molecular weight excluding hydrogens is 274 g/mol. The van der Waals surface area contributed by atoms with Gasteiger partial charge in [0.25, 0.3) is 0 Å². The van der Waals surface area contributed by atoms with Gasteiger partial charge in [-0.2, -0.15) is 0 Å². The van der Waals surface area contributed by atoms with E-state index in [0.717, 1.165) is 30.1 Å². The van der Waals surface area contributed by atoms with Crippen molar-refractivity contribution in [1.29, 1.82) is 0 Å². The lowest BCUT2D eigenvalue weighted by atomic mass is 9.85. The van der Waals surface area contributed by atoms with Crippen LogP contribution < -0.4 is 10.1 Å². The molecule has 1 aromatic rings. The summed E-state index contributed by atoms with van der Waals surface area (Å²) in [5.74, 6) is 1.83. The van der Waals surface area contributed by atoms with Gasteiger partial charge in [-0.15, -0.1) is 0 Å². The van der Waals surface area contributed by atoms with E-state index in [2.05, 4.69) is 18.3 Å². The van der Waals surface area contributed by atoms with Crippen molar-refractivity contribution in [2.45, 2.75) is 57.9 Å². The summed E-state index contributed by atoms with van der Waals surface area (Å²) in [6, 6.07) is 8.29. The number of benzene rings is 1. The maximum atomic E-state index is 12.5. The molecule has 1 aromatic carbocycles. The Morgan fingerprint density at radius 1 is 1.27 bits per heavy atom. The third kappa shape index (κ3) is 3.82. The molecule has 3 heteroatoms. The fourth-order valence-corrected chi connectivity index (χ4v) is 3.84. The highest BCUT2D eigenvalue weighted by Crippen LogP contribution is 2.28. The summed E-state index contributed by atoms with van der Waals surface area (Å²) < 4.78 is 5.73. The first kappa shape index (κ1) is 15.4. The van der Waals surface area contributed by atoms with E-state index < -0.39 is 0 Å². The monoisotopic (exact) mass is 301 g/mol. The molecule has 1 aliphatic heterocycles. The molecule has 1 amide bonds. The third-order valence-electron chi connectivity index (χ3n) is 5.05. The number of ether oxygens (including phenoxy) is 1. The molecule has 0 spiro atoms. The number of hydrogen-bond acceptors (Lipinski definition) is 2. The van der Waals surface area contributed by atoms with Crippen LogP contribution in [0.3, 0.4) is 0 Å². The normalized spacial score (nSPS) is 23.2. The van der Waals surface area contributed by atoms with Crippen LogP contribution in [-0.2, 0) is 11.2 Å². The number of nitrogens with one attached hydrogen (secondary N) is 1. The molecule has 0 saturated heterocycles. The SMILES string of the molecule is C[C@@H](CC1CCCCC1)NC(=O)C1COc2ccccc2C1. The molecule has 3 rings (SSSR count). The van der Waals surface area contributed by atoms with Crippen molar-refractivity contribution in [2.75, 3.05) is 6.61 Å². The summed E-state index contributed by atoms with van der Waals surface area (Å²) in [5, 5.41) is 3.21. The largest absolute Gasteiger partial charge is 0.492 e. The van der Waals surface area contributed by atoms with Crippen molar-refractivity contribution in [3.05, 3.63) is 29.8 Å². The summed E-state index contributed by atoms with van der Waals surface area (Å²) in [5.41, 5.74) is 1.15. The van der Waals surface area contributed by atoms with Gasteiger partial charge in [0.15, 0.2) is 0 Å². The Labute approximate surface area is 133 Å². The molecule has 1 saturated carbocycles. The third-order valence-corrected chi connectivity index (χ3v) is 5.05. The average molecular weight is 301 g/mol. The second-order valence-electron chi connectivity index (χ2n) is 6.97. The van der Waals surface area contributed by atoms with Crippen molar-refractivity contribution in [2.24, 2.45) is 11.8 Å². The summed E-state index contributed by atoms with van der Waals surface area (Å²) in [6.07, 6.45) is 8.68. The van der Waals surface area contributed by atoms with E-state index in [1.165, 1.54) is 32.1 Å². The van der Waals surface area contributed by atoms with Gasteiger partial charge in [0.2, 0.25) is 5.91 Å². The number of para-hydroxylation sites is 1. The fraction of sp³-hybridized carbons (Fsp3) is 0.632. The van der Waals surface area contributed by atoms with Crippen LogP contribution in [0.2, 0.25) is 0 Å². The highest BCUT2D eigenvalue weighted by Gasteiger charge is 2.27. The summed E-state index contributed by atoms with van der Waals surface area (Å²) in [7, 11) is 0. The molecule has 3 nitrogen and oxygen atoms in total. The molecule has 0 bridgehead atoms. The zero-order valence-electron chi connectivity index (χ0n) is 13.5. The van der Waals surface area contributed by atoms with Gasteiger partial charge < -0.3 is 10.1 Å². The number of carbonyl (C=O) groups excluding carboxylic acids is 1. The molecule has 1 aliphatic carbocycles. The molecule has 120 valence electrons. The lowest BCUT2D eigenvalue weighted by Crippen LogP contribution is -2.42. The van der Waals surface area contributed by atoms with Gasteiger partial charge in [-0.05, 0) is 37.3 Å². The van der Waals surface area contributed by atoms with Gasteiger partial charge in [-0.3, -0.25) is 4.79 Å². The number of carbonyl (C=O) groups is 1. The van der Waals surface area contributed by atoms with E-state index in [4.69, 9.17) is 4.74 Å². The second kappa shape index (κ2) is 7.17. The van der Waals surface area contributed by atoms with Crippen LogP contribution in [0.5, 0.6) is 5.75 Å². The minimum absolute atomic E-state index is 0.0521. The number of hydrogen-bond donors (Lipinski definition) is 1. The Morgan fingerprint density at radius 2 is 2.05 bits per heavy atom. The van der Waals surface area contributed by atoms with Crippen LogP contribution in [0.15, 0.2) is 24.3 Å². The van der Waals surface area contributed by atoms with E-state index in [0.29, 0.717) is 6.61 Å². The van der Waals surface area contributed by atoms with Gasteiger partial charge in [0.1, 0.15) is 12.4 Å². The zero-order chi connectivity index (χ0) is 15.4. The Morgan fingerprint density at radius 3 is 2.86 bits per heavy atom. The smallest absolute Gasteiger partial charge is 0.227 e. The Bertz CT molecular complexity index is 508. The second-order valence-corrected chi connectivity index (χ2v) is 6.97. The first-order valence-electron chi connectivity index (χ1n) is 8.73. The molecular formula is C19H27NO2. The van der Waals surface area contributed by atoms with Crippen molar-refractivity contribution in [3.8, 4) is 5.75 Å². The Kier molecular flexibility index (Phi) is 5.01. The van der Waals surface area contributed by atoms with Gasteiger partial charge in [-0.25, -0.2) is 0 Å². The van der Waals surface area contributed by atoms with Crippen LogP contribution in [0.1, 0.15) is 51.0 Å². The van der Waals surface area contributed by atoms with E-state index in [1.807, 2.05) is 18.2 Å². The molecule has 1 unspecified atom stereocenters. The van der Waals surface area contributed by atoms with E-state index in [1.54, 1.807) is 0 Å². The maximum absolute atomic E-state index is 12.5. The number of amides is 1. The quantitative estimate of drug-likeness (QED) is 0.920. The van der Waals surface area contributed by atoms with Crippen LogP contribution >= 0.6 is 0 Å².